The van der Waals surface area contributed by atoms with E-state index in [0.29, 0.717) is 0 Å². The maximum atomic E-state index is 11.8. The second-order valence-electron chi connectivity index (χ2n) is 2.07. The molecule has 66 valence electrons. The molecule has 1 N–H and O–H groups in total. The van der Waals surface area contributed by atoms with Crippen molar-refractivity contribution in [1.29, 1.82) is 0 Å². The van der Waals surface area contributed by atoms with Crippen LogP contribution in [-0.4, -0.2) is 22.1 Å². The van der Waals surface area contributed by atoms with Crippen molar-refractivity contribution in [1.82, 2.24) is 0 Å². The summed E-state index contributed by atoms with van der Waals surface area (Å²) in [7, 11) is 0. The lowest BCUT2D eigenvalue weighted by Crippen LogP contribution is -2.33. The zero-order valence-corrected chi connectivity index (χ0v) is 7.11. The van der Waals surface area contributed by atoms with Crippen molar-refractivity contribution < 1.29 is 23.1 Å². The molecule has 0 aromatic carbocycles. The normalized spacial score (nSPS) is 17.5. The predicted octanol–water partition coefficient (Wildman–Crippen LogP) is 2.03. The van der Waals surface area contributed by atoms with E-state index in [1.54, 1.807) is 0 Å². The first-order valence-corrected chi connectivity index (χ1v) is 3.62. The first kappa shape index (κ1) is 10.7. The molecule has 0 aliphatic heterocycles. The quantitative estimate of drug-likeness (QED) is 0.743. The molecule has 0 saturated carbocycles. The van der Waals surface area contributed by atoms with Gasteiger partial charge in [0.1, 0.15) is 4.83 Å². The summed E-state index contributed by atoms with van der Waals surface area (Å²) in [5.41, 5.74) is 0. The van der Waals surface area contributed by atoms with E-state index >= 15 is 0 Å². The highest BCUT2D eigenvalue weighted by atomic mass is 79.9. The number of carbonyl (C=O) groups is 1. The van der Waals surface area contributed by atoms with Crippen LogP contribution in [0.5, 0.6) is 0 Å². The van der Waals surface area contributed by atoms with Crippen molar-refractivity contribution in [3.05, 3.63) is 0 Å². The summed E-state index contributed by atoms with van der Waals surface area (Å²) in [6, 6.07) is 0. The largest absolute Gasteiger partial charge is 0.480 e. The van der Waals surface area contributed by atoms with E-state index in [1.807, 2.05) is 0 Å². The van der Waals surface area contributed by atoms with E-state index in [1.165, 1.54) is 0 Å². The Bertz CT molecular complexity index is 156. The van der Waals surface area contributed by atoms with Gasteiger partial charge in [0.15, 0.2) is 0 Å². The van der Waals surface area contributed by atoms with Gasteiger partial charge in [-0.25, -0.2) is 0 Å². The van der Waals surface area contributed by atoms with Crippen LogP contribution in [-0.2, 0) is 4.79 Å². The van der Waals surface area contributed by atoms with Crippen LogP contribution in [0.2, 0.25) is 0 Å². The Labute approximate surface area is 69.5 Å². The van der Waals surface area contributed by atoms with Crippen molar-refractivity contribution in [2.45, 2.75) is 17.9 Å². The van der Waals surface area contributed by atoms with Crippen LogP contribution in [0, 0.1) is 5.92 Å². The van der Waals surface area contributed by atoms with Crippen LogP contribution >= 0.6 is 15.9 Å². The highest BCUT2D eigenvalue weighted by molar-refractivity contribution is 9.10. The minimum Gasteiger partial charge on any atom is -0.480 e. The highest BCUT2D eigenvalue weighted by Crippen LogP contribution is 2.31. The van der Waals surface area contributed by atoms with Crippen LogP contribution in [0.3, 0.4) is 0 Å². The maximum absolute atomic E-state index is 11.8. The molecule has 0 radical (unpaired) electrons. The van der Waals surface area contributed by atoms with Gasteiger partial charge < -0.3 is 5.11 Å². The lowest BCUT2D eigenvalue weighted by atomic mass is 10.1. The molecule has 0 rings (SSSR count). The van der Waals surface area contributed by atoms with Gasteiger partial charge in [0.2, 0.25) is 0 Å². The van der Waals surface area contributed by atoms with E-state index < -0.39 is 22.9 Å². The first-order valence-electron chi connectivity index (χ1n) is 2.70. The fourth-order valence-electron chi connectivity index (χ4n) is 0.380. The Morgan fingerprint density at radius 2 is 1.91 bits per heavy atom. The number of halogens is 4. The van der Waals surface area contributed by atoms with Crippen LogP contribution in [0.1, 0.15) is 6.92 Å². The minimum absolute atomic E-state index is 0.813. The van der Waals surface area contributed by atoms with Crippen LogP contribution in [0.25, 0.3) is 0 Å². The van der Waals surface area contributed by atoms with Gasteiger partial charge in [0, 0.05) is 0 Å². The lowest BCUT2D eigenvalue weighted by molar-refractivity contribution is -0.176. The SMILES string of the molecule is C[C@@H]([C@@H](Br)C(=O)O)C(F)(F)F. The third-order valence-electron chi connectivity index (χ3n) is 1.19. The number of hydrogen-bond donors (Lipinski definition) is 1. The second kappa shape index (κ2) is 3.42. The third kappa shape index (κ3) is 3.09. The highest BCUT2D eigenvalue weighted by Gasteiger charge is 2.43. The predicted molar refractivity (Wildman–Crippen MR) is 35.6 cm³/mol. The molecule has 0 spiro atoms. The zero-order valence-electron chi connectivity index (χ0n) is 5.52. The molecule has 0 aromatic rings. The number of carboxylic acid groups (broad SMARTS) is 1. The molecule has 0 aliphatic rings. The van der Waals surface area contributed by atoms with Gasteiger partial charge in [-0.15, -0.1) is 0 Å². The molecule has 2 atom stereocenters. The number of rotatable bonds is 2. The van der Waals surface area contributed by atoms with Gasteiger partial charge in [-0.05, 0) is 0 Å². The summed E-state index contributed by atoms with van der Waals surface area (Å²) < 4.78 is 35.3. The fraction of sp³-hybridized carbons (Fsp3) is 0.800. The van der Waals surface area contributed by atoms with Crippen LogP contribution in [0.4, 0.5) is 13.2 Å². The van der Waals surface area contributed by atoms with E-state index in [4.69, 9.17) is 5.11 Å². The van der Waals surface area contributed by atoms with E-state index in [9.17, 15) is 18.0 Å². The summed E-state index contributed by atoms with van der Waals surface area (Å²) in [5, 5.41) is 8.17. The fourth-order valence-corrected chi connectivity index (χ4v) is 0.680. The molecule has 11 heavy (non-hydrogen) atoms. The minimum atomic E-state index is -4.47. The Balaban J connectivity index is 4.25. The summed E-state index contributed by atoms with van der Waals surface area (Å²) in [4.78, 5) is 8.47. The number of alkyl halides is 4. The van der Waals surface area contributed by atoms with Crippen molar-refractivity contribution in [3.63, 3.8) is 0 Å². The summed E-state index contributed by atoms with van der Waals surface area (Å²) in [6.45, 7) is 0.813. The van der Waals surface area contributed by atoms with Crippen molar-refractivity contribution >= 4 is 21.9 Å². The van der Waals surface area contributed by atoms with E-state index in [2.05, 4.69) is 15.9 Å². The maximum Gasteiger partial charge on any atom is 0.393 e. The molecule has 0 heterocycles. The van der Waals surface area contributed by atoms with Gasteiger partial charge in [0.05, 0.1) is 5.92 Å². The Morgan fingerprint density at radius 3 is 2.00 bits per heavy atom. The average Bonchev–Trinajstić information content (AvgIpc) is 1.82. The van der Waals surface area contributed by atoms with Crippen molar-refractivity contribution in [3.8, 4) is 0 Å². The monoisotopic (exact) mass is 234 g/mol. The summed E-state index contributed by atoms with van der Waals surface area (Å²) in [5.74, 6) is -3.38. The number of hydrogen-bond acceptors (Lipinski definition) is 1. The smallest absolute Gasteiger partial charge is 0.393 e. The number of aliphatic carboxylic acids is 1. The molecule has 2 nitrogen and oxygen atoms in total. The van der Waals surface area contributed by atoms with Gasteiger partial charge in [-0.3, -0.25) is 4.79 Å². The standard InChI is InChI=1S/C5H6BrF3O2/c1-2(5(7,8)9)3(6)4(10)11/h2-3H,1H3,(H,10,11)/t2-,3+/m0/s1. The van der Waals surface area contributed by atoms with E-state index in [-0.39, 0.29) is 0 Å². The molecule has 0 unspecified atom stereocenters. The van der Waals surface area contributed by atoms with Crippen LogP contribution < -0.4 is 0 Å². The van der Waals surface area contributed by atoms with Gasteiger partial charge in [0.25, 0.3) is 0 Å². The Morgan fingerprint density at radius 1 is 1.55 bits per heavy atom. The van der Waals surface area contributed by atoms with E-state index in [0.717, 1.165) is 6.92 Å². The molecule has 0 aliphatic carbocycles. The van der Waals surface area contributed by atoms with Gasteiger partial charge in [-0.1, -0.05) is 22.9 Å². The van der Waals surface area contributed by atoms with Crippen LogP contribution in [0.15, 0.2) is 0 Å². The molecular formula is C5H6BrF3O2. The molecule has 0 bridgehead atoms. The molecule has 6 heteroatoms. The first-order chi connectivity index (χ1) is 4.76. The van der Waals surface area contributed by atoms with Gasteiger partial charge >= 0.3 is 12.1 Å². The molecular weight excluding hydrogens is 229 g/mol. The summed E-state index contributed by atoms with van der Waals surface area (Å²) in [6.07, 6.45) is -4.47. The van der Waals surface area contributed by atoms with Gasteiger partial charge in [-0.2, -0.15) is 13.2 Å². The zero-order chi connectivity index (χ0) is 9.23. The Kier molecular flexibility index (Phi) is 3.34. The molecule has 0 fully saturated rings. The second-order valence-corrected chi connectivity index (χ2v) is 3.06. The third-order valence-corrected chi connectivity index (χ3v) is 2.38. The average molecular weight is 235 g/mol. The molecule has 0 saturated heterocycles. The topological polar surface area (TPSA) is 37.3 Å². The number of carboxylic acids is 1. The van der Waals surface area contributed by atoms with Crippen molar-refractivity contribution in [2.24, 2.45) is 5.92 Å². The van der Waals surface area contributed by atoms with Crippen molar-refractivity contribution in [2.75, 3.05) is 0 Å². The Hall–Kier alpha value is -0.260. The lowest BCUT2D eigenvalue weighted by Gasteiger charge is -2.17. The summed E-state index contributed by atoms with van der Waals surface area (Å²) >= 11 is 2.42. The molecule has 0 amide bonds. The molecule has 0 aromatic heterocycles.